The van der Waals surface area contributed by atoms with Crippen LogP contribution in [-0.2, 0) is 4.79 Å². The predicted molar refractivity (Wildman–Crippen MR) is 109 cm³/mol. The van der Waals surface area contributed by atoms with E-state index in [1.165, 1.54) is 0 Å². The Hall–Kier alpha value is -2.90. The molecular weight excluding hydrogens is 399 g/mol. The minimum Gasteiger partial charge on any atom is -0.326 e. The second-order valence-electron chi connectivity index (χ2n) is 6.51. The minimum atomic E-state index is -0.550. The number of anilines is 2. The van der Waals surface area contributed by atoms with Gasteiger partial charge in [0.2, 0.25) is 5.95 Å². The van der Waals surface area contributed by atoms with Gasteiger partial charge in [0.1, 0.15) is 6.04 Å². The van der Waals surface area contributed by atoms with Crippen LogP contribution in [0.1, 0.15) is 24.1 Å². The Morgan fingerprint density at radius 3 is 2.71 bits per heavy atom. The third-order valence-corrected chi connectivity index (χ3v) is 5.23. The van der Waals surface area contributed by atoms with E-state index in [9.17, 15) is 4.79 Å². The lowest BCUT2D eigenvalue weighted by Gasteiger charge is -2.28. The van der Waals surface area contributed by atoms with Crippen molar-refractivity contribution < 1.29 is 4.79 Å². The first-order valence-corrected chi connectivity index (χ1v) is 9.28. The molecule has 142 valence electrons. The van der Waals surface area contributed by atoms with Gasteiger partial charge in [-0.3, -0.25) is 4.79 Å². The van der Waals surface area contributed by atoms with Crippen molar-refractivity contribution in [1.82, 2.24) is 20.2 Å². The summed E-state index contributed by atoms with van der Waals surface area (Å²) < 4.78 is 1.55. The van der Waals surface area contributed by atoms with E-state index in [0.717, 1.165) is 11.1 Å². The second kappa shape index (κ2) is 7.26. The third kappa shape index (κ3) is 3.34. The highest BCUT2D eigenvalue weighted by Gasteiger charge is 2.34. The molecule has 2 heterocycles. The van der Waals surface area contributed by atoms with Gasteiger partial charge < -0.3 is 10.6 Å². The first-order valence-electron chi connectivity index (χ1n) is 8.52. The van der Waals surface area contributed by atoms with E-state index in [4.69, 9.17) is 23.2 Å². The van der Waals surface area contributed by atoms with Crippen molar-refractivity contribution >= 4 is 40.7 Å². The first kappa shape index (κ1) is 18.5. The Bertz CT molecular complexity index is 1110. The van der Waals surface area contributed by atoms with Gasteiger partial charge in [-0.2, -0.15) is 4.68 Å². The quantitative estimate of drug-likeness (QED) is 0.669. The highest BCUT2D eigenvalue weighted by molar-refractivity contribution is 6.42. The zero-order chi connectivity index (χ0) is 19.8. The van der Waals surface area contributed by atoms with Crippen molar-refractivity contribution in [2.75, 3.05) is 10.6 Å². The molecule has 0 aliphatic carbocycles. The third-order valence-electron chi connectivity index (χ3n) is 4.49. The summed E-state index contributed by atoms with van der Waals surface area (Å²) in [6.07, 6.45) is 0. The summed E-state index contributed by atoms with van der Waals surface area (Å²) >= 11 is 12.3. The molecule has 0 fully saturated rings. The van der Waals surface area contributed by atoms with Gasteiger partial charge in [-0.05, 0) is 59.7 Å². The molecule has 9 heteroatoms. The van der Waals surface area contributed by atoms with Gasteiger partial charge in [-0.1, -0.05) is 46.5 Å². The fraction of sp³-hybridized carbons (Fsp3) is 0.158. The number of amides is 1. The SMILES string of the molecule is CC1=C(C(=O)Nc2cccc(C)c2)C(c2ccc(Cl)c(Cl)c2)n2nnnc2N1. The number of benzene rings is 2. The van der Waals surface area contributed by atoms with E-state index in [-0.39, 0.29) is 5.91 Å². The number of rotatable bonds is 3. The van der Waals surface area contributed by atoms with Crippen molar-refractivity contribution in [2.45, 2.75) is 19.9 Å². The average Bonchev–Trinajstić information content (AvgIpc) is 3.10. The van der Waals surface area contributed by atoms with E-state index in [1.54, 1.807) is 16.8 Å². The van der Waals surface area contributed by atoms with Gasteiger partial charge in [0.05, 0.1) is 15.6 Å². The summed E-state index contributed by atoms with van der Waals surface area (Å²) in [4.78, 5) is 13.2. The number of carbonyl (C=O) groups is 1. The number of aromatic nitrogens is 4. The fourth-order valence-electron chi connectivity index (χ4n) is 3.22. The molecule has 3 aromatic rings. The summed E-state index contributed by atoms with van der Waals surface area (Å²) in [5.41, 5.74) is 3.65. The topological polar surface area (TPSA) is 84.7 Å². The molecule has 1 amide bonds. The van der Waals surface area contributed by atoms with Crippen molar-refractivity contribution in [3.05, 3.63) is 74.9 Å². The highest BCUT2D eigenvalue weighted by atomic mass is 35.5. The minimum absolute atomic E-state index is 0.257. The number of hydrogen-bond donors (Lipinski definition) is 2. The number of tetrazole rings is 1. The van der Waals surface area contributed by atoms with Crippen molar-refractivity contribution in [2.24, 2.45) is 0 Å². The summed E-state index contributed by atoms with van der Waals surface area (Å²) in [6, 6.07) is 12.3. The Labute approximate surface area is 171 Å². The van der Waals surface area contributed by atoms with Crippen LogP contribution in [0.15, 0.2) is 53.7 Å². The number of aryl methyl sites for hydroxylation is 1. The number of hydrogen-bond acceptors (Lipinski definition) is 5. The maximum Gasteiger partial charge on any atom is 0.255 e. The lowest BCUT2D eigenvalue weighted by atomic mass is 9.95. The molecule has 2 N–H and O–H groups in total. The number of carbonyl (C=O) groups excluding carboxylic acids is 1. The molecular formula is C19H16Cl2N6O. The fourth-order valence-corrected chi connectivity index (χ4v) is 3.52. The smallest absolute Gasteiger partial charge is 0.255 e. The van der Waals surface area contributed by atoms with E-state index in [1.807, 2.05) is 44.2 Å². The normalized spacial score (nSPS) is 15.8. The lowest BCUT2D eigenvalue weighted by molar-refractivity contribution is -0.113. The summed E-state index contributed by atoms with van der Waals surface area (Å²) in [5.74, 6) is 0.188. The van der Waals surface area contributed by atoms with Crippen molar-refractivity contribution in [3.63, 3.8) is 0 Å². The van der Waals surface area contributed by atoms with Crippen LogP contribution in [0.4, 0.5) is 11.6 Å². The second-order valence-corrected chi connectivity index (χ2v) is 7.32. The summed E-state index contributed by atoms with van der Waals surface area (Å²) in [6.45, 7) is 3.78. The molecule has 0 saturated heterocycles. The molecule has 2 aromatic carbocycles. The van der Waals surface area contributed by atoms with Crippen LogP contribution in [0.3, 0.4) is 0 Å². The van der Waals surface area contributed by atoms with Gasteiger partial charge >= 0.3 is 0 Å². The molecule has 1 aliphatic rings. The molecule has 0 radical (unpaired) electrons. The first-order chi connectivity index (χ1) is 13.4. The van der Waals surface area contributed by atoms with Gasteiger partial charge in [0.25, 0.3) is 5.91 Å². The molecule has 4 rings (SSSR count). The standard InChI is InChI=1S/C19H16Cl2N6O/c1-10-4-3-5-13(8-10)23-18(28)16-11(2)22-19-24-25-26-27(19)17(16)12-6-7-14(20)15(21)9-12/h3-9,17H,1-2H3,(H,23,28)(H,22,24,26). The number of nitrogens with one attached hydrogen (secondary N) is 2. The molecule has 7 nitrogen and oxygen atoms in total. The Balaban J connectivity index is 1.78. The summed E-state index contributed by atoms with van der Waals surface area (Å²) in [5, 5.41) is 18.6. The summed E-state index contributed by atoms with van der Waals surface area (Å²) in [7, 11) is 0. The number of nitrogens with zero attached hydrogens (tertiary/aromatic N) is 4. The van der Waals surface area contributed by atoms with Crippen LogP contribution in [0.25, 0.3) is 0 Å². The predicted octanol–water partition coefficient (Wildman–Crippen LogP) is 4.22. The molecule has 1 atom stereocenters. The molecule has 28 heavy (non-hydrogen) atoms. The van der Waals surface area contributed by atoms with Crippen molar-refractivity contribution in [3.8, 4) is 0 Å². The lowest BCUT2D eigenvalue weighted by Crippen LogP contribution is -2.31. The van der Waals surface area contributed by atoms with Gasteiger partial charge in [0, 0.05) is 11.4 Å². The number of fused-ring (bicyclic) bond motifs is 1. The Morgan fingerprint density at radius 1 is 1.14 bits per heavy atom. The maximum absolute atomic E-state index is 13.2. The molecule has 1 aliphatic heterocycles. The van der Waals surface area contributed by atoms with Gasteiger partial charge in [0.15, 0.2) is 0 Å². The van der Waals surface area contributed by atoms with E-state index in [2.05, 4.69) is 26.2 Å². The maximum atomic E-state index is 13.2. The molecule has 0 saturated carbocycles. The Morgan fingerprint density at radius 2 is 1.96 bits per heavy atom. The number of halogens is 2. The highest BCUT2D eigenvalue weighted by Crippen LogP contribution is 2.37. The monoisotopic (exact) mass is 414 g/mol. The van der Waals surface area contributed by atoms with Gasteiger partial charge in [-0.25, -0.2) is 0 Å². The average molecular weight is 415 g/mol. The molecule has 1 aromatic heterocycles. The van der Waals surface area contributed by atoms with Crippen LogP contribution in [0, 0.1) is 6.92 Å². The zero-order valence-corrected chi connectivity index (χ0v) is 16.6. The number of allylic oxidation sites excluding steroid dienone is 1. The van der Waals surface area contributed by atoms with Crippen LogP contribution >= 0.6 is 23.2 Å². The molecule has 1 unspecified atom stereocenters. The van der Waals surface area contributed by atoms with Crippen LogP contribution < -0.4 is 10.6 Å². The Kier molecular flexibility index (Phi) is 4.78. The molecule has 0 spiro atoms. The van der Waals surface area contributed by atoms with E-state index in [0.29, 0.717) is 33.0 Å². The van der Waals surface area contributed by atoms with Gasteiger partial charge in [-0.15, -0.1) is 0 Å². The van der Waals surface area contributed by atoms with Crippen LogP contribution in [-0.4, -0.2) is 26.1 Å². The van der Waals surface area contributed by atoms with Crippen LogP contribution in [0.2, 0.25) is 10.0 Å². The van der Waals surface area contributed by atoms with Crippen LogP contribution in [0.5, 0.6) is 0 Å². The van der Waals surface area contributed by atoms with E-state index >= 15 is 0 Å². The largest absolute Gasteiger partial charge is 0.326 e. The zero-order valence-electron chi connectivity index (χ0n) is 15.1. The van der Waals surface area contributed by atoms with E-state index < -0.39 is 6.04 Å². The molecule has 0 bridgehead atoms. The van der Waals surface area contributed by atoms with Crippen molar-refractivity contribution in [1.29, 1.82) is 0 Å².